The molecule has 0 saturated heterocycles. The van der Waals surface area contributed by atoms with Crippen LogP contribution in [0.15, 0.2) is 0 Å². The maximum Gasteiger partial charge on any atom is 0.186 e. The van der Waals surface area contributed by atoms with E-state index >= 15 is 0 Å². The van der Waals surface area contributed by atoms with Crippen molar-refractivity contribution < 1.29 is 9.13 Å². The summed E-state index contributed by atoms with van der Waals surface area (Å²) in [6.45, 7) is 10.8. The Kier molecular flexibility index (Phi) is 5.66. The van der Waals surface area contributed by atoms with Crippen LogP contribution < -0.4 is 5.32 Å². The molecule has 0 radical (unpaired) electrons. The van der Waals surface area contributed by atoms with Crippen molar-refractivity contribution in [2.75, 3.05) is 18.5 Å². The minimum atomic E-state index is -0.530. The first kappa shape index (κ1) is 15.8. The van der Waals surface area contributed by atoms with Crippen molar-refractivity contribution in [1.29, 1.82) is 0 Å². The summed E-state index contributed by atoms with van der Waals surface area (Å²) in [5.74, 6) is 0.438. The van der Waals surface area contributed by atoms with Gasteiger partial charge in [-0.3, -0.25) is 0 Å². The number of aromatic nitrogens is 2. The van der Waals surface area contributed by atoms with Crippen LogP contribution in [0.1, 0.15) is 52.1 Å². The van der Waals surface area contributed by atoms with E-state index in [0.29, 0.717) is 24.7 Å². The lowest BCUT2D eigenvalue weighted by Crippen LogP contribution is -2.31. The second-order valence-electron chi connectivity index (χ2n) is 4.46. The highest BCUT2D eigenvalue weighted by Gasteiger charge is 2.33. The molecule has 108 valence electrons. The third-order valence-electron chi connectivity index (χ3n) is 3.33. The Balaban J connectivity index is 3.31. The molecule has 1 aromatic rings. The van der Waals surface area contributed by atoms with Gasteiger partial charge in [-0.2, -0.15) is 0 Å². The SMILES string of the molecule is CCNc1nc(C(CC)(CC)OCC)nc(C)c1F. The number of nitrogens with zero attached hydrogens (tertiary/aromatic N) is 2. The number of hydrogen-bond acceptors (Lipinski definition) is 4. The number of anilines is 1. The molecule has 1 aromatic heterocycles. The zero-order chi connectivity index (χ0) is 14.5. The average Bonchev–Trinajstić information content (AvgIpc) is 2.41. The summed E-state index contributed by atoms with van der Waals surface area (Å²) in [4.78, 5) is 8.63. The number of ether oxygens (including phenoxy) is 1. The summed E-state index contributed by atoms with van der Waals surface area (Å²) in [6.07, 6.45) is 1.52. The van der Waals surface area contributed by atoms with Crippen LogP contribution in [0.25, 0.3) is 0 Å². The standard InChI is InChI=1S/C14H24FN3O/c1-6-14(7-2,19-9-4)13-17-10(5)11(15)12(18-13)16-8-3/h6-9H2,1-5H3,(H,16,17,18). The Morgan fingerprint density at radius 2 is 1.79 bits per heavy atom. The van der Waals surface area contributed by atoms with Gasteiger partial charge in [0.25, 0.3) is 0 Å². The van der Waals surface area contributed by atoms with Crippen LogP contribution in [0.4, 0.5) is 10.2 Å². The summed E-state index contributed by atoms with van der Waals surface area (Å²) >= 11 is 0. The van der Waals surface area contributed by atoms with E-state index in [0.717, 1.165) is 12.8 Å². The van der Waals surface area contributed by atoms with Gasteiger partial charge >= 0.3 is 0 Å². The zero-order valence-electron chi connectivity index (χ0n) is 12.5. The highest BCUT2D eigenvalue weighted by atomic mass is 19.1. The molecule has 0 saturated carbocycles. The summed E-state index contributed by atoms with van der Waals surface area (Å²) in [7, 11) is 0. The van der Waals surface area contributed by atoms with Crippen molar-refractivity contribution in [3.63, 3.8) is 0 Å². The van der Waals surface area contributed by atoms with Gasteiger partial charge in [-0.25, -0.2) is 14.4 Å². The van der Waals surface area contributed by atoms with E-state index in [1.165, 1.54) is 0 Å². The summed E-state index contributed by atoms with van der Waals surface area (Å²) < 4.78 is 19.8. The first-order valence-electron chi connectivity index (χ1n) is 6.97. The Morgan fingerprint density at radius 1 is 1.16 bits per heavy atom. The molecule has 4 nitrogen and oxygen atoms in total. The van der Waals surface area contributed by atoms with Crippen LogP contribution in [0, 0.1) is 12.7 Å². The molecule has 0 amide bonds. The Hall–Kier alpha value is -1.23. The average molecular weight is 269 g/mol. The van der Waals surface area contributed by atoms with Crippen LogP contribution in [-0.4, -0.2) is 23.1 Å². The molecule has 1 rings (SSSR count). The van der Waals surface area contributed by atoms with Crippen molar-refractivity contribution in [1.82, 2.24) is 9.97 Å². The smallest absolute Gasteiger partial charge is 0.186 e. The molecule has 0 spiro atoms. The van der Waals surface area contributed by atoms with Crippen molar-refractivity contribution >= 4 is 5.82 Å². The van der Waals surface area contributed by atoms with Crippen LogP contribution in [0.5, 0.6) is 0 Å². The van der Waals surface area contributed by atoms with Gasteiger partial charge in [-0.1, -0.05) is 13.8 Å². The molecule has 0 atom stereocenters. The highest BCUT2D eigenvalue weighted by molar-refractivity contribution is 5.38. The van der Waals surface area contributed by atoms with E-state index in [9.17, 15) is 4.39 Å². The lowest BCUT2D eigenvalue weighted by atomic mass is 9.95. The molecular weight excluding hydrogens is 245 g/mol. The van der Waals surface area contributed by atoms with Crippen LogP contribution in [0.2, 0.25) is 0 Å². The predicted molar refractivity (Wildman–Crippen MR) is 74.8 cm³/mol. The van der Waals surface area contributed by atoms with E-state index in [1.807, 2.05) is 27.7 Å². The Bertz CT molecular complexity index is 419. The fourth-order valence-corrected chi connectivity index (χ4v) is 2.16. The van der Waals surface area contributed by atoms with Crippen molar-refractivity contribution in [3.05, 3.63) is 17.3 Å². The highest BCUT2D eigenvalue weighted by Crippen LogP contribution is 2.32. The molecule has 19 heavy (non-hydrogen) atoms. The second-order valence-corrected chi connectivity index (χ2v) is 4.46. The first-order valence-corrected chi connectivity index (χ1v) is 6.97. The van der Waals surface area contributed by atoms with E-state index in [-0.39, 0.29) is 11.6 Å². The predicted octanol–water partition coefficient (Wildman–Crippen LogP) is 3.41. The van der Waals surface area contributed by atoms with Gasteiger partial charge in [-0.15, -0.1) is 0 Å². The van der Waals surface area contributed by atoms with E-state index in [1.54, 1.807) is 6.92 Å². The molecule has 0 aliphatic heterocycles. The minimum Gasteiger partial charge on any atom is -0.368 e. The molecule has 5 heteroatoms. The fourth-order valence-electron chi connectivity index (χ4n) is 2.16. The summed E-state index contributed by atoms with van der Waals surface area (Å²) in [6, 6.07) is 0. The molecule has 1 N–H and O–H groups in total. The normalized spacial score (nSPS) is 11.7. The van der Waals surface area contributed by atoms with E-state index in [4.69, 9.17) is 4.74 Å². The quantitative estimate of drug-likeness (QED) is 0.824. The van der Waals surface area contributed by atoms with Crippen LogP contribution in [-0.2, 0) is 10.3 Å². The van der Waals surface area contributed by atoms with Crippen molar-refractivity contribution in [2.24, 2.45) is 0 Å². The first-order chi connectivity index (χ1) is 9.04. The lowest BCUT2D eigenvalue weighted by Gasteiger charge is -2.30. The maximum absolute atomic E-state index is 13.9. The topological polar surface area (TPSA) is 47.0 Å². The second kappa shape index (κ2) is 6.80. The van der Waals surface area contributed by atoms with Crippen molar-refractivity contribution in [3.8, 4) is 0 Å². The third-order valence-corrected chi connectivity index (χ3v) is 3.33. The Morgan fingerprint density at radius 3 is 2.26 bits per heavy atom. The van der Waals surface area contributed by atoms with Gasteiger partial charge in [0.15, 0.2) is 17.5 Å². The number of aryl methyl sites for hydroxylation is 1. The van der Waals surface area contributed by atoms with Crippen LogP contribution >= 0.6 is 0 Å². The van der Waals surface area contributed by atoms with Crippen molar-refractivity contribution in [2.45, 2.75) is 53.1 Å². The zero-order valence-corrected chi connectivity index (χ0v) is 12.5. The van der Waals surface area contributed by atoms with Gasteiger partial charge in [0.05, 0.1) is 5.69 Å². The fraction of sp³-hybridized carbons (Fsp3) is 0.714. The number of nitrogens with one attached hydrogen (secondary N) is 1. The van der Waals surface area contributed by atoms with Gasteiger partial charge in [0.1, 0.15) is 5.60 Å². The summed E-state index contributed by atoms with van der Waals surface area (Å²) in [5, 5.41) is 2.94. The number of hydrogen-bond donors (Lipinski definition) is 1. The number of halogens is 1. The maximum atomic E-state index is 13.9. The van der Waals surface area contributed by atoms with E-state index in [2.05, 4.69) is 15.3 Å². The summed E-state index contributed by atoms with van der Waals surface area (Å²) in [5.41, 5.74) is -0.177. The molecule has 0 aromatic carbocycles. The molecule has 1 heterocycles. The third kappa shape index (κ3) is 3.21. The molecule has 0 unspecified atom stereocenters. The number of rotatable bonds is 7. The molecule has 0 aliphatic rings. The van der Waals surface area contributed by atoms with Crippen LogP contribution in [0.3, 0.4) is 0 Å². The molecule has 0 fully saturated rings. The largest absolute Gasteiger partial charge is 0.368 e. The lowest BCUT2D eigenvalue weighted by molar-refractivity contribution is -0.0572. The van der Waals surface area contributed by atoms with E-state index < -0.39 is 5.60 Å². The van der Waals surface area contributed by atoms with Gasteiger partial charge in [0, 0.05) is 13.2 Å². The monoisotopic (exact) mass is 269 g/mol. The van der Waals surface area contributed by atoms with Gasteiger partial charge in [-0.05, 0) is 33.6 Å². The molecular formula is C14H24FN3O. The van der Waals surface area contributed by atoms with Gasteiger partial charge < -0.3 is 10.1 Å². The minimum absolute atomic E-state index is 0.260. The molecule has 0 bridgehead atoms. The molecule has 0 aliphatic carbocycles. The Labute approximate surface area is 114 Å². The van der Waals surface area contributed by atoms with Gasteiger partial charge in [0.2, 0.25) is 0 Å².